The third kappa shape index (κ3) is 3.03. The van der Waals surface area contributed by atoms with Gasteiger partial charge in [-0.25, -0.2) is 0 Å². The van der Waals surface area contributed by atoms with Crippen molar-refractivity contribution in [2.45, 2.75) is 18.7 Å². The average molecular weight is 290 g/mol. The van der Waals surface area contributed by atoms with Gasteiger partial charge in [0, 0.05) is 25.8 Å². The van der Waals surface area contributed by atoms with E-state index in [0.29, 0.717) is 13.1 Å². The Labute approximate surface area is 122 Å². The fourth-order valence-corrected chi connectivity index (χ4v) is 2.97. The molecule has 0 aromatic carbocycles. The third-order valence-corrected chi connectivity index (χ3v) is 3.89. The summed E-state index contributed by atoms with van der Waals surface area (Å²) in [5.74, 6) is -0.665. The minimum Gasteiger partial charge on any atom is -0.368 e. The molecular formula is C14H18N4O3. The van der Waals surface area contributed by atoms with Gasteiger partial charge in [0.05, 0.1) is 24.4 Å². The van der Waals surface area contributed by atoms with E-state index in [1.54, 1.807) is 11.1 Å². The SMILES string of the molecule is NC(=O)CN1C(=O)COC2CN(Cc3ccccn3)CC21. The molecule has 21 heavy (non-hydrogen) atoms. The lowest BCUT2D eigenvalue weighted by molar-refractivity contribution is -0.155. The normalized spacial score (nSPS) is 25.9. The van der Waals surface area contributed by atoms with E-state index in [1.165, 1.54) is 0 Å². The largest absolute Gasteiger partial charge is 0.368 e. The van der Waals surface area contributed by atoms with Crippen LogP contribution in [0.15, 0.2) is 24.4 Å². The predicted octanol–water partition coefficient (Wildman–Crippen LogP) is -1.02. The van der Waals surface area contributed by atoms with Crippen LogP contribution in [0.25, 0.3) is 0 Å². The van der Waals surface area contributed by atoms with Crippen molar-refractivity contribution in [2.24, 2.45) is 5.73 Å². The number of aromatic nitrogens is 1. The van der Waals surface area contributed by atoms with Crippen LogP contribution in [0.3, 0.4) is 0 Å². The lowest BCUT2D eigenvalue weighted by Gasteiger charge is -2.35. The van der Waals surface area contributed by atoms with Crippen molar-refractivity contribution in [3.05, 3.63) is 30.1 Å². The highest BCUT2D eigenvalue weighted by Gasteiger charge is 2.43. The predicted molar refractivity (Wildman–Crippen MR) is 73.9 cm³/mol. The van der Waals surface area contributed by atoms with Crippen LogP contribution in [-0.4, -0.2) is 65.0 Å². The lowest BCUT2D eigenvalue weighted by atomic mass is 10.1. The van der Waals surface area contributed by atoms with E-state index >= 15 is 0 Å². The number of morpholine rings is 1. The molecule has 0 bridgehead atoms. The van der Waals surface area contributed by atoms with Gasteiger partial charge >= 0.3 is 0 Å². The van der Waals surface area contributed by atoms with E-state index in [-0.39, 0.29) is 31.2 Å². The number of pyridine rings is 1. The van der Waals surface area contributed by atoms with Gasteiger partial charge in [0.25, 0.3) is 0 Å². The molecule has 3 heterocycles. The van der Waals surface area contributed by atoms with Crippen LogP contribution < -0.4 is 5.73 Å². The van der Waals surface area contributed by atoms with Crippen molar-refractivity contribution in [1.29, 1.82) is 0 Å². The number of nitrogens with two attached hydrogens (primary N) is 1. The smallest absolute Gasteiger partial charge is 0.249 e. The number of carbonyl (C=O) groups is 2. The van der Waals surface area contributed by atoms with E-state index in [2.05, 4.69) is 9.88 Å². The Bertz CT molecular complexity index is 536. The maximum Gasteiger partial charge on any atom is 0.249 e. The number of hydrogen-bond acceptors (Lipinski definition) is 5. The number of carbonyl (C=O) groups excluding carboxylic acids is 2. The molecule has 112 valence electrons. The molecule has 2 amide bonds. The van der Waals surface area contributed by atoms with Gasteiger partial charge in [-0.1, -0.05) is 6.07 Å². The Kier molecular flexibility index (Phi) is 3.85. The summed E-state index contributed by atoms with van der Waals surface area (Å²) in [5.41, 5.74) is 6.21. The Morgan fingerprint density at radius 2 is 2.29 bits per heavy atom. The van der Waals surface area contributed by atoms with Gasteiger partial charge in [0.15, 0.2) is 0 Å². The van der Waals surface area contributed by atoms with Crippen molar-refractivity contribution in [1.82, 2.24) is 14.8 Å². The molecule has 0 aliphatic carbocycles. The van der Waals surface area contributed by atoms with Crippen LogP contribution in [0.1, 0.15) is 5.69 Å². The topological polar surface area (TPSA) is 88.8 Å². The van der Waals surface area contributed by atoms with E-state index < -0.39 is 5.91 Å². The number of primary amides is 1. The van der Waals surface area contributed by atoms with Crippen LogP contribution >= 0.6 is 0 Å². The van der Waals surface area contributed by atoms with E-state index in [9.17, 15) is 9.59 Å². The second kappa shape index (κ2) is 5.79. The Morgan fingerprint density at radius 3 is 3.00 bits per heavy atom. The van der Waals surface area contributed by atoms with Crippen LogP contribution in [0.4, 0.5) is 0 Å². The number of hydrogen-bond donors (Lipinski definition) is 1. The second-order valence-corrected chi connectivity index (χ2v) is 5.42. The first-order valence-corrected chi connectivity index (χ1v) is 6.95. The molecule has 2 fully saturated rings. The number of fused-ring (bicyclic) bond motifs is 1. The fourth-order valence-electron chi connectivity index (χ4n) is 2.97. The number of ether oxygens (including phenoxy) is 1. The van der Waals surface area contributed by atoms with Gasteiger partial charge in [-0.2, -0.15) is 0 Å². The first-order valence-electron chi connectivity index (χ1n) is 6.95. The van der Waals surface area contributed by atoms with Gasteiger partial charge < -0.3 is 15.4 Å². The lowest BCUT2D eigenvalue weighted by Crippen LogP contribution is -2.56. The van der Waals surface area contributed by atoms with Gasteiger partial charge in [-0.05, 0) is 12.1 Å². The second-order valence-electron chi connectivity index (χ2n) is 5.42. The molecule has 1 aromatic heterocycles. The van der Waals surface area contributed by atoms with E-state index in [1.807, 2.05) is 18.2 Å². The molecule has 2 aliphatic heterocycles. The maximum absolute atomic E-state index is 11.9. The van der Waals surface area contributed by atoms with Gasteiger partial charge in [-0.3, -0.25) is 19.5 Å². The summed E-state index contributed by atoms with van der Waals surface area (Å²) in [6.07, 6.45) is 1.70. The molecule has 2 aliphatic rings. The maximum atomic E-state index is 11.9. The Balaban J connectivity index is 1.68. The molecular weight excluding hydrogens is 272 g/mol. The quantitative estimate of drug-likeness (QED) is 0.766. The third-order valence-electron chi connectivity index (χ3n) is 3.89. The zero-order valence-electron chi connectivity index (χ0n) is 11.6. The molecule has 1 aromatic rings. The highest BCUT2D eigenvalue weighted by atomic mass is 16.5. The first kappa shape index (κ1) is 14.0. The summed E-state index contributed by atoms with van der Waals surface area (Å²) in [6.45, 7) is 2.08. The van der Waals surface area contributed by atoms with Gasteiger partial charge in [0.1, 0.15) is 6.61 Å². The zero-order chi connectivity index (χ0) is 14.8. The van der Waals surface area contributed by atoms with Crippen molar-refractivity contribution < 1.29 is 14.3 Å². The molecule has 0 spiro atoms. The molecule has 2 unspecified atom stereocenters. The van der Waals surface area contributed by atoms with Crippen LogP contribution in [-0.2, 0) is 20.9 Å². The highest BCUT2D eigenvalue weighted by Crippen LogP contribution is 2.24. The molecule has 2 atom stereocenters. The van der Waals surface area contributed by atoms with E-state index in [0.717, 1.165) is 12.2 Å². The van der Waals surface area contributed by atoms with Crippen LogP contribution in [0, 0.1) is 0 Å². The molecule has 0 saturated carbocycles. The van der Waals surface area contributed by atoms with Gasteiger partial charge in [0.2, 0.25) is 11.8 Å². The van der Waals surface area contributed by atoms with E-state index in [4.69, 9.17) is 10.5 Å². The van der Waals surface area contributed by atoms with Crippen molar-refractivity contribution in [3.8, 4) is 0 Å². The zero-order valence-corrected chi connectivity index (χ0v) is 11.6. The molecule has 0 radical (unpaired) electrons. The summed E-state index contributed by atoms with van der Waals surface area (Å²) in [4.78, 5) is 31.1. The van der Waals surface area contributed by atoms with Crippen molar-refractivity contribution in [3.63, 3.8) is 0 Å². The Morgan fingerprint density at radius 1 is 1.43 bits per heavy atom. The molecule has 2 saturated heterocycles. The summed E-state index contributed by atoms with van der Waals surface area (Å²) in [6, 6.07) is 5.69. The monoisotopic (exact) mass is 290 g/mol. The summed E-state index contributed by atoms with van der Waals surface area (Å²) < 4.78 is 5.59. The van der Waals surface area contributed by atoms with Crippen LogP contribution in [0.2, 0.25) is 0 Å². The summed E-state index contributed by atoms with van der Waals surface area (Å²) in [5, 5.41) is 0. The minimum atomic E-state index is -0.493. The fraction of sp³-hybridized carbons (Fsp3) is 0.500. The number of rotatable bonds is 4. The number of likely N-dealkylation sites (tertiary alicyclic amines) is 1. The van der Waals surface area contributed by atoms with Crippen molar-refractivity contribution >= 4 is 11.8 Å². The highest BCUT2D eigenvalue weighted by molar-refractivity contribution is 5.85. The Hall–Kier alpha value is -1.99. The average Bonchev–Trinajstić information content (AvgIpc) is 2.86. The molecule has 2 N–H and O–H groups in total. The first-order chi connectivity index (χ1) is 10.1. The van der Waals surface area contributed by atoms with Crippen molar-refractivity contribution in [2.75, 3.05) is 26.2 Å². The molecule has 7 heteroatoms. The molecule has 3 rings (SSSR count). The summed E-state index contributed by atoms with van der Waals surface area (Å²) >= 11 is 0. The number of nitrogens with zero attached hydrogens (tertiary/aromatic N) is 3. The van der Waals surface area contributed by atoms with Gasteiger partial charge in [-0.15, -0.1) is 0 Å². The summed E-state index contributed by atoms with van der Waals surface area (Å²) in [7, 11) is 0. The number of amides is 2. The standard InChI is InChI=1S/C14H18N4O3/c15-13(19)8-18-11-6-17(5-10-3-1-2-4-16-10)7-12(11)21-9-14(18)20/h1-4,11-12H,5-9H2,(H2,15,19). The van der Waals surface area contributed by atoms with Crippen LogP contribution in [0.5, 0.6) is 0 Å². The minimum absolute atomic E-state index is 0.0197. The molecule has 7 nitrogen and oxygen atoms in total.